The van der Waals surface area contributed by atoms with Crippen LogP contribution in [-0.2, 0) is 4.74 Å². The van der Waals surface area contributed by atoms with Gasteiger partial charge >= 0.3 is 0 Å². The molecule has 3 aromatic rings. The molecule has 32 heavy (non-hydrogen) atoms. The maximum Gasteiger partial charge on any atom is 0.273 e. The van der Waals surface area contributed by atoms with Crippen LogP contribution in [0.2, 0.25) is 10.0 Å². The summed E-state index contributed by atoms with van der Waals surface area (Å²) in [7, 11) is 4.80. The Kier molecular flexibility index (Phi) is 6.60. The molecule has 1 aliphatic heterocycles. The highest BCUT2D eigenvalue weighted by Crippen LogP contribution is 2.46. The fraction of sp³-hybridized carbons (Fsp3) is 0.304. The van der Waals surface area contributed by atoms with Crippen molar-refractivity contribution in [3.63, 3.8) is 0 Å². The van der Waals surface area contributed by atoms with Crippen LogP contribution < -0.4 is 9.47 Å². The average Bonchev–Trinajstić information content (AvgIpc) is 3.33. The number of benzene rings is 2. The van der Waals surface area contributed by atoms with E-state index in [9.17, 15) is 4.79 Å². The molecule has 0 bridgehead atoms. The Labute approximate surface area is 196 Å². The van der Waals surface area contributed by atoms with Crippen molar-refractivity contribution in [2.45, 2.75) is 12.5 Å². The third-order valence-electron chi connectivity index (χ3n) is 5.53. The predicted octanol–water partition coefficient (Wildman–Crippen LogP) is 4.98. The van der Waals surface area contributed by atoms with E-state index in [4.69, 9.17) is 37.4 Å². The predicted molar refractivity (Wildman–Crippen MR) is 123 cm³/mol. The van der Waals surface area contributed by atoms with E-state index < -0.39 is 6.04 Å². The van der Waals surface area contributed by atoms with Crippen LogP contribution in [0, 0.1) is 0 Å². The summed E-state index contributed by atoms with van der Waals surface area (Å²) in [6.45, 7) is 1.05. The molecule has 168 valence electrons. The molecule has 1 unspecified atom stereocenters. The van der Waals surface area contributed by atoms with Gasteiger partial charge in [0.1, 0.15) is 5.69 Å². The van der Waals surface area contributed by atoms with E-state index >= 15 is 0 Å². The number of fused-ring (bicyclic) bond motifs is 1. The highest BCUT2D eigenvalue weighted by Gasteiger charge is 2.42. The molecular formula is C23H23Cl2N3O4. The molecular weight excluding hydrogens is 453 g/mol. The van der Waals surface area contributed by atoms with Crippen LogP contribution >= 0.6 is 23.2 Å². The number of aromatic amines is 1. The van der Waals surface area contributed by atoms with E-state index in [-0.39, 0.29) is 5.91 Å². The van der Waals surface area contributed by atoms with Crippen molar-refractivity contribution in [1.82, 2.24) is 15.1 Å². The van der Waals surface area contributed by atoms with Crippen LogP contribution in [0.1, 0.15) is 34.1 Å². The molecule has 7 nitrogen and oxygen atoms in total. The standard InChI is InChI=1S/C23H23Cl2N3O4/c1-30-10-4-9-28-22(15-7-6-14(24)12-16(15)25)19-20(26-27-21(19)23(28)29)13-5-8-17(31-2)18(11-13)32-3/h5-8,11-12,22H,4,9-10H2,1-3H3,(H,26,27). The highest BCUT2D eigenvalue weighted by molar-refractivity contribution is 6.35. The number of hydrogen-bond donors (Lipinski definition) is 1. The van der Waals surface area contributed by atoms with Gasteiger partial charge in [0.15, 0.2) is 11.5 Å². The Morgan fingerprint density at radius 2 is 1.84 bits per heavy atom. The van der Waals surface area contributed by atoms with Crippen molar-refractivity contribution >= 4 is 29.1 Å². The van der Waals surface area contributed by atoms with E-state index in [1.807, 2.05) is 24.3 Å². The zero-order valence-corrected chi connectivity index (χ0v) is 19.5. The van der Waals surface area contributed by atoms with E-state index in [0.717, 1.165) is 16.7 Å². The van der Waals surface area contributed by atoms with E-state index in [2.05, 4.69) is 10.2 Å². The fourth-order valence-corrected chi connectivity index (χ4v) is 4.57. The molecule has 1 amide bonds. The van der Waals surface area contributed by atoms with Crippen LogP contribution in [0.25, 0.3) is 11.3 Å². The number of hydrogen-bond acceptors (Lipinski definition) is 5. The van der Waals surface area contributed by atoms with Gasteiger partial charge in [0, 0.05) is 41.4 Å². The molecule has 0 fully saturated rings. The molecule has 1 aliphatic rings. The van der Waals surface area contributed by atoms with Crippen LogP contribution in [0.4, 0.5) is 0 Å². The number of rotatable bonds is 8. The number of nitrogens with one attached hydrogen (secondary N) is 1. The van der Waals surface area contributed by atoms with Gasteiger partial charge in [0.2, 0.25) is 0 Å². The molecule has 2 aromatic carbocycles. The minimum atomic E-state index is -0.416. The second kappa shape index (κ2) is 9.40. The van der Waals surface area contributed by atoms with Crippen molar-refractivity contribution in [3.8, 4) is 22.8 Å². The second-order valence-electron chi connectivity index (χ2n) is 7.34. The monoisotopic (exact) mass is 475 g/mol. The van der Waals surface area contributed by atoms with Crippen molar-refractivity contribution < 1.29 is 19.0 Å². The Morgan fingerprint density at radius 3 is 2.53 bits per heavy atom. The Balaban J connectivity index is 1.85. The van der Waals surface area contributed by atoms with E-state index in [1.54, 1.807) is 38.4 Å². The van der Waals surface area contributed by atoms with Crippen molar-refractivity contribution in [3.05, 3.63) is 63.3 Å². The maximum absolute atomic E-state index is 13.3. The zero-order chi connectivity index (χ0) is 22.8. The summed E-state index contributed by atoms with van der Waals surface area (Å²) in [6.07, 6.45) is 0.688. The summed E-state index contributed by atoms with van der Waals surface area (Å²) in [5.41, 5.74) is 3.44. The van der Waals surface area contributed by atoms with Gasteiger partial charge in [-0.1, -0.05) is 29.3 Å². The summed E-state index contributed by atoms with van der Waals surface area (Å²) in [4.78, 5) is 15.1. The molecule has 4 rings (SSSR count). The summed E-state index contributed by atoms with van der Waals surface area (Å²) in [6, 6.07) is 10.4. The second-order valence-corrected chi connectivity index (χ2v) is 8.19. The first kappa shape index (κ1) is 22.5. The van der Waals surface area contributed by atoms with Crippen LogP contribution in [0.3, 0.4) is 0 Å². The Hall–Kier alpha value is -2.74. The topological polar surface area (TPSA) is 76.7 Å². The number of aromatic nitrogens is 2. The van der Waals surface area contributed by atoms with Gasteiger partial charge in [0.05, 0.1) is 26.0 Å². The normalized spacial score (nSPS) is 15.2. The van der Waals surface area contributed by atoms with Gasteiger partial charge < -0.3 is 19.1 Å². The smallest absolute Gasteiger partial charge is 0.273 e. The first-order valence-corrected chi connectivity index (χ1v) is 10.8. The summed E-state index contributed by atoms with van der Waals surface area (Å²) in [5.74, 6) is 1.05. The highest BCUT2D eigenvalue weighted by atomic mass is 35.5. The van der Waals surface area contributed by atoms with Gasteiger partial charge in [-0.15, -0.1) is 0 Å². The number of H-pyrrole nitrogens is 1. The first-order chi connectivity index (χ1) is 15.5. The maximum atomic E-state index is 13.3. The third-order valence-corrected chi connectivity index (χ3v) is 6.09. The first-order valence-electron chi connectivity index (χ1n) is 10.1. The third kappa shape index (κ3) is 3.92. The number of methoxy groups -OCH3 is 3. The van der Waals surface area contributed by atoms with Gasteiger partial charge in [-0.2, -0.15) is 5.10 Å². The number of nitrogens with zero attached hydrogens (tertiary/aromatic N) is 2. The number of amides is 1. The molecule has 0 spiro atoms. The molecule has 0 saturated heterocycles. The fourth-order valence-electron chi connectivity index (χ4n) is 4.06. The molecule has 0 saturated carbocycles. The van der Waals surface area contributed by atoms with Gasteiger partial charge in [0.25, 0.3) is 5.91 Å². The van der Waals surface area contributed by atoms with E-state index in [0.29, 0.717) is 52.5 Å². The lowest BCUT2D eigenvalue weighted by Crippen LogP contribution is -2.31. The number of ether oxygens (including phenoxy) is 3. The zero-order valence-electron chi connectivity index (χ0n) is 17.9. The summed E-state index contributed by atoms with van der Waals surface area (Å²) in [5, 5.41) is 8.43. The van der Waals surface area contributed by atoms with Crippen molar-refractivity contribution in [2.24, 2.45) is 0 Å². The average molecular weight is 476 g/mol. The van der Waals surface area contributed by atoms with Gasteiger partial charge in [-0.25, -0.2) is 0 Å². The van der Waals surface area contributed by atoms with Crippen LogP contribution in [0.15, 0.2) is 36.4 Å². The largest absolute Gasteiger partial charge is 0.493 e. The molecule has 1 N–H and O–H groups in total. The van der Waals surface area contributed by atoms with Crippen LogP contribution in [0.5, 0.6) is 11.5 Å². The molecule has 1 aromatic heterocycles. The number of carbonyl (C=O) groups is 1. The molecule has 0 radical (unpaired) electrons. The molecule has 2 heterocycles. The number of carbonyl (C=O) groups excluding carboxylic acids is 1. The van der Waals surface area contributed by atoms with Crippen LogP contribution in [-0.4, -0.2) is 55.5 Å². The lowest BCUT2D eigenvalue weighted by atomic mass is 9.95. The molecule has 9 heteroatoms. The summed E-state index contributed by atoms with van der Waals surface area (Å²) < 4.78 is 16.0. The lowest BCUT2D eigenvalue weighted by Gasteiger charge is -2.27. The lowest BCUT2D eigenvalue weighted by molar-refractivity contribution is 0.0723. The Bertz CT molecular complexity index is 1150. The Morgan fingerprint density at radius 1 is 1.06 bits per heavy atom. The van der Waals surface area contributed by atoms with Crippen molar-refractivity contribution in [2.75, 3.05) is 34.5 Å². The van der Waals surface area contributed by atoms with Gasteiger partial charge in [-0.05, 0) is 42.3 Å². The summed E-state index contributed by atoms with van der Waals surface area (Å²) >= 11 is 12.7. The minimum Gasteiger partial charge on any atom is -0.493 e. The number of halogens is 2. The quantitative estimate of drug-likeness (QED) is 0.464. The molecule has 0 aliphatic carbocycles. The van der Waals surface area contributed by atoms with Gasteiger partial charge in [-0.3, -0.25) is 9.89 Å². The SMILES string of the molecule is COCCCN1C(=O)c2[nH]nc(-c3ccc(OC)c(OC)c3)c2C1c1ccc(Cl)cc1Cl. The van der Waals surface area contributed by atoms with E-state index in [1.165, 1.54) is 0 Å². The minimum absolute atomic E-state index is 0.133. The van der Waals surface area contributed by atoms with Crippen molar-refractivity contribution in [1.29, 1.82) is 0 Å². The molecule has 1 atom stereocenters.